The minimum absolute atomic E-state index is 0.0293. The number of piperidine rings is 1. The lowest BCUT2D eigenvalue weighted by Gasteiger charge is -2.29. The molecule has 7 heteroatoms. The molecule has 1 amide bonds. The number of anilines is 1. The predicted molar refractivity (Wildman–Crippen MR) is 76.4 cm³/mol. The lowest BCUT2D eigenvalue weighted by Crippen LogP contribution is -2.36. The second-order valence-corrected chi connectivity index (χ2v) is 5.76. The molecular formula is C13H19N3O3S. The third-order valence-electron chi connectivity index (χ3n) is 3.34. The van der Waals surface area contributed by atoms with E-state index >= 15 is 0 Å². The molecule has 0 aromatic carbocycles. The summed E-state index contributed by atoms with van der Waals surface area (Å²) in [4.78, 5) is 29.0. The van der Waals surface area contributed by atoms with E-state index in [2.05, 4.69) is 15.2 Å². The van der Waals surface area contributed by atoms with Gasteiger partial charge >= 0.3 is 5.97 Å². The Hall–Kier alpha value is -1.47. The first-order chi connectivity index (χ1) is 9.58. The number of carbonyl (C=O) groups excluding carboxylic acids is 2. The van der Waals surface area contributed by atoms with E-state index in [1.54, 1.807) is 0 Å². The van der Waals surface area contributed by atoms with Gasteiger partial charge in [-0.25, -0.2) is 4.98 Å². The Kier molecular flexibility index (Phi) is 5.08. The third kappa shape index (κ3) is 4.01. The summed E-state index contributed by atoms with van der Waals surface area (Å²) in [5, 5.41) is 5.27. The first kappa shape index (κ1) is 14.9. The van der Waals surface area contributed by atoms with E-state index in [0.717, 1.165) is 38.2 Å². The standard InChI is InChI=1S/C13H19N3O3S/c1-9(17)14-13-15-11(8-20-13)7-16-5-3-10(4-6-16)12(18)19-2/h8,10H,3-7H2,1-2H3,(H,14,15,17). The van der Waals surface area contributed by atoms with Crippen molar-refractivity contribution >= 4 is 28.3 Å². The van der Waals surface area contributed by atoms with Crippen LogP contribution in [0.15, 0.2) is 5.38 Å². The van der Waals surface area contributed by atoms with Gasteiger partial charge in [0.2, 0.25) is 5.91 Å². The lowest BCUT2D eigenvalue weighted by molar-refractivity contribution is -0.147. The van der Waals surface area contributed by atoms with Crippen LogP contribution >= 0.6 is 11.3 Å². The molecule has 0 bridgehead atoms. The van der Waals surface area contributed by atoms with Crippen molar-refractivity contribution in [2.75, 3.05) is 25.5 Å². The van der Waals surface area contributed by atoms with Crippen molar-refractivity contribution in [1.29, 1.82) is 0 Å². The van der Waals surface area contributed by atoms with Crippen LogP contribution in [0.2, 0.25) is 0 Å². The number of hydrogen-bond acceptors (Lipinski definition) is 6. The van der Waals surface area contributed by atoms with Crippen LogP contribution in [0.4, 0.5) is 5.13 Å². The maximum atomic E-state index is 11.4. The molecule has 6 nitrogen and oxygen atoms in total. The van der Waals surface area contributed by atoms with Crippen molar-refractivity contribution in [3.8, 4) is 0 Å². The largest absolute Gasteiger partial charge is 0.469 e. The molecule has 1 N–H and O–H groups in total. The number of ether oxygens (including phenoxy) is 1. The minimum atomic E-state index is -0.107. The highest BCUT2D eigenvalue weighted by Crippen LogP contribution is 2.22. The molecule has 2 heterocycles. The Morgan fingerprint density at radius 1 is 1.50 bits per heavy atom. The molecule has 110 valence electrons. The molecule has 1 fully saturated rings. The highest BCUT2D eigenvalue weighted by atomic mass is 32.1. The van der Waals surface area contributed by atoms with Gasteiger partial charge in [-0.2, -0.15) is 0 Å². The van der Waals surface area contributed by atoms with Crippen molar-refractivity contribution in [1.82, 2.24) is 9.88 Å². The maximum absolute atomic E-state index is 11.4. The van der Waals surface area contributed by atoms with E-state index in [1.165, 1.54) is 25.4 Å². The molecule has 1 aromatic rings. The molecule has 0 spiro atoms. The normalized spacial score (nSPS) is 16.9. The summed E-state index contributed by atoms with van der Waals surface area (Å²) in [6.45, 7) is 3.96. The third-order valence-corrected chi connectivity index (χ3v) is 4.15. The van der Waals surface area contributed by atoms with Crippen LogP contribution in [0, 0.1) is 5.92 Å². The van der Waals surface area contributed by atoms with Gasteiger partial charge in [0.25, 0.3) is 0 Å². The first-order valence-corrected chi connectivity index (χ1v) is 7.48. The summed E-state index contributed by atoms with van der Waals surface area (Å²) >= 11 is 1.43. The average Bonchev–Trinajstić information content (AvgIpc) is 2.85. The summed E-state index contributed by atoms with van der Waals surface area (Å²) < 4.78 is 4.78. The van der Waals surface area contributed by atoms with E-state index in [-0.39, 0.29) is 17.8 Å². The number of aromatic nitrogens is 1. The fourth-order valence-electron chi connectivity index (χ4n) is 2.31. The van der Waals surface area contributed by atoms with Gasteiger partial charge in [-0.05, 0) is 25.9 Å². The summed E-state index contributed by atoms with van der Waals surface area (Å²) in [6.07, 6.45) is 1.66. The van der Waals surface area contributed by atoms with Crippen LogP contribution in [-0.4, -0.2) is 42.0 Å². The summed E-state index contributed by atoms with van der Waals surface area (Å²) in [5.74, 6) is -0.183. The number of nitrogens with one attached hydrogen (secondary N) is 1. The Morgan fingerprint density at radius 3 is 2.80 bits per heavy atom. The van der Waals surface area contributed by atoms with Gasteiger partial charge in [0, 0.05) is 18.8 Å². The molecule has 0 aliphatic carbocycles. The number of hydrogen-bond donors (Lipinski definition) is 1. The predicted octanol–water partition coefficient (Wildman–Crippen LogP) is 1.49. The SMILES string of the molecule is COC(=O)C1CCN(Cc2csc(NC(C)=O)n2)CC1. The smallest absolute Gasteiger partial charge is 0.308 e. The number of amides is 1. The molecule has 0 saturated carbocycles. The average molecular weight is 297 g/mol. The number of esters is 1. The maximum Gasteiger partial charge on any atom is 0.308 e. The second kappa shape index (κ2) is 6.81. The molecule has 20 heavy (non-hydrogen) atoms. The highest BCUT2D eigenvalue weighted by molar-refractivity contribution is 7.13. The van der Waals surface area contributed by atoms with Gasteiger partial charge in [0.1, 0.15) is 0 Å². The molecule has 1 aliphatic heterocycles. The number of methoxy groups -OCH3 is 1. The summed E-state index contributed by atoms with van der Waals surface area (Å²) in [6, 6.07) is 0. The van der Waals surface area contributed by atoms with Gasteiger partial charge in [0.05, 0.1) is 18.7 Å². The fraction of sp³-hybridized carbons (Fsp3) is 0.615. The topological polar surface area (TPSA) is 71.5 Å². The van der Waals surface area contributed by atoms with Gasteiger partial charge in [-0.15, -0.1) is 11.3 Å². The fourth-order valence-corrected chi connectivity index (χ4v) is 3.06. The molecular weight excluding hydrogens is 278 g/mol. The van der Waals surface area contributed by atoms with Crippen LogP contribution < -0.4 is 5.32 Å². The molecule has 1 saturated heterocycles. The quantitative estimate of drug-likeness (QED) is 0.853. The van der Waals surface area contributed by atoms with E-state index in [9.17, 15) is 9.59 Å². The number of rotatable bonds is 4. The Balaban J connectivity index is 1.82. The van der Waals surface area contributed by atoms with Crippen LogP contribution in [0.3, 0.4) is 0 Å². The van der Waals surface area contributed by atoms with Crippen LogP contribution in [0.5, 0.6) is 0 Å². The van der Waals surface area contributed by atoms with Crippen molar-refractivity contribution in [2.24, 2.45) is 5.92 Å². The van der Waals surface area contributed by atoms with Crippen molar-refractivity contribution in [2.45, 2.75) is 26.3 Å². The number of likely N-dealkylation sites (tertiary alicyclic amines) is 1. The first-order valence-electron chi connectivity index (χ1n) is 6.60. The number of carbonyl (C=O) groups is 2. The lowest BCUT2D eigenvalue weighted by atomic mass is 9.97. The van der Waals surface area contributed by atoms with Gasteiger partial charge in [-0.1, -0.05) is 0 Å². The van der Waals surface area contributed by atoms with E-state index in [1.807, 2.05) is 5.38 Å². The summed E-state index contributed by atoms with van der Waals surface area (Å²) in [5.41, 5.74) is 0.954. The molecule has 0 radical (unpaired) electrons. The van der Waals surface area contributed by atoms with E-state index in [4.69, 9.17) is 4.74 Å². The molecule has 1 aromatic heterocycles. The Morgan fingerprint density at radius 2 is 2.20 bits per heavy atom. The minimum Gasteiger partial charge on any atom is -0.469 e. The Labute approximate surface area is 122 Å². The second-order valence-electron chi connectivity index (χ2n) is 4.90. The van der Waals surface area contributed by atoms with Crippen LogP contribution in [0.1, 0.15) is 25.5 Å². The molecule has 1 aliphatic rings. The monoisotopic (exact) mass is 297 g/mol. The van der Waals surface area contributed by atoms with E-state index < -0.39 is 0 Å². The van der Waals surface area contributed by atoms with Crippen molar-refractivity contribution in [3.05, 3.63) is 11.1 Å². The Bertz CT molecular complexity index is 481. The van der Waals surface area contributed by atoms with Crippen LogP contribution in [-0.2, 0) is 20.9 Å². The zero-order valence-electron chi connectivity index (χ0n) is 11.7. The van der Waals surface area contributed by atoms with Crippen molar-refractivity contribution in [3.63, 3.8) is 0 Å². The summed E-state index contributed by atoms with van der Waals surface area (Å²) in [7, 11) is 1.44. The molecule has 0 atom stereocenters. The van der Waals surface area contributed by atoms with Gasteiger partial charge in [-0.3, -0.25) is 14.5 Å². The van der Waals surface area contributed by atoms with Crippen molar-refractivity contribution < 1.29 is 14.3 Å². The zero-order valence-corrected chi connectivity index (χ0v) is 12.5. The number of thiazole rings is 1. The highest BCUT2D eigenvalue weighted by Gasteiger charge is 2.25. The molecule has 0 unspecified atom stereocenters. The van der Waals surface area contributed by atoms with Gasteiger partial charge < -0.3 is 10.1 Å². The van der Waals surface area contributed by atoms with E-state index in [0.29, 0.717) is 5.13 Å². The molecule has 2 rings (SSSR count). The van der Waals surface area contributed by atoms with Crippen LogP contribution in [0.25, 0.3) is 0 Å². The van der Waals surface area contributed by atoms with Gasteiger partial charge in [0.15, 0.2) is 5.13 Å². The zero-order chi connectivity index (χ0) is 14.5. The number of nitrogens with zero attached hydrogens (tertiary/aromatic N) is 2.